The Morgan fingerprint density at radius 2 is 1.72 bits per heavy atom. The van der Waals surface area contributed by atoms with Crippen LogP contribution >= 0.6 is 0 Å². The van der Waals surface area contributed by atoms with E-state index in [9.17, 15) is 46.1 Å². The molecule has 0 unspecified atom stereocenters. The van der Waals surface area contributed by atoms with Crippen LogP contribution in [0.3, 0.4) is 0 Å². The number of nitrogens with zero attached hydrogens (tertiary/aromatic N) is 3. The number of halogens is 6. The zero-order chi connectivity index (χ0) is 28.3. The van der Waals surface area contributed by atoms with Gasteiger partial charge in [-0.1, -0.05) is 0 Å². The largest absolute Gasteiger partial charge is 0.408 e. The summed E-state index contributed by atoms with van der Waals surface area (Å²) in [5.74, 6) is -6.12. The molecular formula is C25H22F6N4O4. The number of carbonyl (C=O) groups excluding carboxylic acids is 1. The zero-order valence-corrected chi connectivity index (χ0v) is 20.1. The lowest BCUT2D eigenvalue weighted by Crippen LogP contribution is -2.60. The Bertz CT molecular complexity index is 1490. The van der Waals surface area contributed by atoms with Gasteiger partial charge in [0.15, 0.2) is 17.3 Å². The summed E-state index contributed by atoms with van der Waals surface area (Å²) in [6.07, 6.45) is -3.64. The zero-order valence-electron chi connectivity index (χ0n) is 20.1. The smallest absolute Gasteiger partial charge is 0.396 e. The molecule has 2 aliphatic rings. The number of nitrogens with one attached hydrogen (secondary N) is 1. The highest BCUT2D eigenvalue weighted by Gasteiger charge is 2.50. The maximum Gasteiger partial charge on any atom is 0.408 e. The molecular weight excluding hydrogens is 534 g/mol. The number of hydrogen-bond acceptors (Lipinski definition) is 6. The fourth-order valence-electron chi connectivity index (χ4n) is 4.76. The van der Waals surface area contributed by atoms with Crippen molar-refractivity contribution in [3.05, 3.63) is 63.7 Å². The number of benzene rings is 1. The van der Waals surface area contributed by atoms with Gasteiger partial charge in [0.2, 0.25) is 5.43 Å². The normalized spacial score (nSPS) is 17.7. The van der Waals surface area contributed by atoms with E-state index in [0.29, 0.717) is 22.9 Å². The molecule has 3 aromatic rings. The SMILES string of the molecule is O=C(N[C@@H](C1CC1)C(F)(F)F)c1cn(-c2c(F)cc(F)cc2F)c2nc(N3CC(CO)(CO)C3)ccc2c1=O. The van der Waals surface area contributed by atoms with Crippen LogP contribution in [0.25, 0.3) is 16.7 Å². The third kappa shape index (κ3) is 4.82. The second-order valence-electron chi connectivity index (χ2n) is 10.0. The van der Waals surface area contributed by atoms with Crippen LogP contribution in [0.15, 0.2) is 35.3 Å². The summed E-state index contributed by atoms with van der Waals surface area (Å²) in [6, 6.07) is 1.08. The summed E-state index contributed by atoms with van der Waals surface area (Å²) in [5, 5.41) is 20.6. The number of aromatic nitrogens is 2. The van der Waals surface area contributed by atoms with E-state index < -0.39 is 63.6 Å². The van der Waals surface area contributed by atoms with Crippen molar-refractivity contribution in [3.8, 4) is 5.69 Å². The minimum absolute atomic E-state index is 0.169. The molecule has 1 aliphatic heterocycles. The van der Waals surface area contributed by atoms with Crippen molar-refractivity contribution in [2.24, 2.45) is 11.3 Å². The van der Waals surface area contributed by atoms with Crippen molar-refractivity contribution in [2.75, 3.05) is 31.2 Å². The van der Waals surface area contributed by atoms with Gasteiger partial charge in [-0.2, -0.15) is 13.2 Å². The lowest BCUT2D eigenvalue weighted by atomic mass is 9.81. The van der Waals surface area contributed by atoms with E-state index in [2.05, 4.69) is 4.98 Å². The van der Waals surface area contributed by atoms with Gasteiger partial charge >= 0.3 is 6.18 Å². The van der Waals surface area contributed by atoms with E-state index in [4.69, 9.17) is 0 Å². The standard InChI is InChI=1S/C25H22F6N4O4/c26-13-5-16(27)19(17(28)6-13)35-7-15(23(39)33-21(12-1-2-12)25(29,30)31)20(38)14-3-4-18(32-22(14)35)34-8-24(9-34,10-36)11-37/h3-7,12,21,36-37H,1-2,8-11H2,(H,33,39)/t21-/m0/s1. The molecule has 0 radical (unpaired) electrons. The molecule has 1 saturated heterocycles. The van der Waals surface area contributed by atoms with E-state index in [1.54, 1.807) is 4.90 Å². The van der Waals surface area contributed by atoms with Crippen molar-refractivity contribution < 1.29 is 41.4 Å². The van der Waals surface area contributed by atoms with Crippen LogP contribution in [0.1, 0.15) is 23.2 Å². The number of rotatable bonds is 7. The Morgan fingerprint density at radius 3 is 2.26 bits per heavy atom. The van der Waals surface area contributed by atoms with Gasteiger partial charge in [0.25, 0.3) is 5.91 Å². The number of aliphatic hydroxyl groups is 2. The third-order valence-corrected chi connectivity index (χ3v) is 7.08. The first-order valence-electron chi connectivity index (χ1n) is 11.9. The van der Waals surface area contributed by atoms with Crippen LogP contribution in [-0.2, 0) is 0 Å². The van der Waals surface area contributed by atoms with Gasteiger partial charge in [-0.3, -0.25) is 14.2 Å². The lowest BCUT2D eigenvalue weighted by Gasteiger charge is -2.48. The Balaban J connectivity index is 1.65. The molecule has 39 heavy (non-hydrogen) atoms. The van der Waals surface area contributed by atoms with Crippen molar-refractivity contribution in [1.29, 1.82) is 0 Å². The molecule has 0 bridgehead atoms. The molecule has 2 aromatic heterocycles. The molecule has 208 valence electrons. The number of alkyl halides is 3. The monoisotopic (exact) mass is 556 g/mol. The van der Waals surface area contributed by atoms with Crippen LogP contribution in [-0.4, -0.2) is 64.2 Å². The van der Waals surface area contributed by atoms with Crippen LogP contribution in [0.5, 0.6) is 0 Å². The van der Waals surface area contributed by atoms with Gasteiger partial charge < -0.3 is 20.4 Å². The molecule has 1 aromatic carbocycles. The predicted molar refractivity (Wildman–Crippen MR) is 126 cm³/mol. The Labute approximate surface area is 216 Å². The number of fused-ring (bicyclic) bond motifs is 1. The molecule has 1 saturated carbocycles. The average Bonchev–Trinajstić information content (AvgIpc) is 3.67. The van der Waals surface area contributed by atoms with Crippen LogP contribution in [0, 0.1) is 28.8 Å². The summed E-state index contributed by atoms with van der Waals surface area (Å²) < 4.78 is 84.6. The first-order chi connectivity index (χ1) is 18.4. The second kappa shape index (κ2) is 9.52. The molecule has 3 N–H and O–H groups in total. The number of aliphatic hydroxyl groups excluding tert-OH is 2. The molecule has 2 fully saturated rings. The number of hydrogen-bond donors (Lipinski definition) is 3. The van der Waals surface area contributed by atoms with Crippen LogP contribution < -0.4 is 15.6 Å². The van der Waals surface area contributed by atoms with Gasteiger partial charge in [0, 0.05) is 31.4 Å². The van der Waals surface area contributed by atoms with Crippen molar-refractivity contribution in [1.82, 2.24) is 14.9 Å². The number of amides is 1. The van der Waals surface area contributed by atoms with E-state index >= 15 is 0 Å². The highest BCUT2D eigenvalue weighted by molar-refractivity contribution is 5.97. The van der Waals surface area contributed by atoms with Crippen LogP contribution in [0.4, 0.5) is 32.2 Å². The van der Waals surface area contributed by atoms with Crippen molar-refractivity contribution >= 4 is 22.8 Å². The fraction of sp³-hybridized carbons (Fsp3) is 0.400. The first kappa shape index (κ1) is 26.9. The summed E-state index contributed by atoms with van der Waals surface area (Å²) in [6.45, 7) is -0.296. The minimum atomic E-state index is -4.78. The van der Waals surface area contributed by atoms with Gasteiger partial charge in [-0.15, -0.1) is 0 Å². The average molecular weight is 556 g/mol. The highest BCUT2D eigenvalue weighted by atomic mass is 19.4. The Morgan fingerprint density at radius 1 is 1.10 bits per heavy atom. The minimum Gasteiger partial charge on any atom is -0.396 e. The van der Waals surface area contributed by atoms with Crippen LogP contribution in [0.2, 0.25) is 0 Å². The second-order valence-corrected chi connectivity index (χ2v) is 10.0. The lowest BCUT2D eigenvalue weighted by molar-refractivity contribution is -0.158. The molecule has 5 rings (SSSR count). The first-order valence-corrected chi connectivity index (χ1v) is 11.9. The molecule has 14 heteroatoms. The molecule has 0 spiro atoms. The molecule has 8 nitrogen and oxygen atoms in total. The van der Waals surface area contributed by atoms with E-state index in [-0.39, 0.29) is 56.0 Å². The maximum absolute atomic E-state index is 14.8. The molecule has 3 heterocycles. The van der Waals surface area contributed by atoms with Crippen molar-refractivity contribution in [3.63, 3.8) is 0 Å². The summed E-state index contributed by atoms with van der Waals surface area (Å²) >= 11 is 0. The van der Waals surface area contributed by atoms with Gasteiger partial charge in [-0.25, -0.2) is 18.2 Å². The number of anilines is 1. The fourth-order valence-corrected chi connectivity index (χ4v) is 4.76. The summed E-state index contributed by atoms with van der Waals surface area (Å²) in [4.78, 5) is 32.1. The summed E-state index contributed by atoms with van der Waals surface area (Å²) in [5.41, 5.74) is -3.90. The summed E-state index contributed by atoms with van der Waals surface area (Å²) in [7, 11) is 0. The van der Waals surface area contributed by atoms with Gasteiger partial charge in [0.05, 0.1) is 24.0 Å². The highest BCUT2D eigenvalue weighted by Crippen LogP contribution is 2.40. The van der Waals surface area contributed by atoms with Gasteiger partial charge in [-0.05, 0) is 30.9 Å². The maximum atomic E-state index is 14.8. The quantitative estimate of drug-likeness (QED) is 0.387. The number of carbonyl (C=O) groups is 1. The Hall–Kier alpha value is -3.65. The third-order valence-electron chi connectivity index (χ3n) is 7.08. The van der Waals surface area contributed by atoms with E-state index in [1.807, 2.05) is 5.32 Å². The number of pyridine rings is 2. The molecule has 1 atom stereocenters. The molecule has 1 aliphatic carbocycles. The van der Waals surface area contributed by atoms with Gasteiger partial charge in [0.1, 0.15) is 28.9 Å². The van der Waals surface area contributed by atoms with E-state index in [0.717, 1.165) is 0 Å². The van der Waals surface area contributed by atoms with E-state index in [1.165, 1.54) is 12.1 Å². The Kier molecular flexibility index (Phi) is 6.58. The topological polar surface area (TPSA) is 108 Å². The predicted octanol–water partition coefficient (Wildman–Crippen LogP) is 2.66. The molecule has 1 amide bonds. The van der Waals surface area contributed by atoms with Crippen molar-refractivity contribution in [2.45, 2.75) is 25.1 Å².